The van der Waals surface area contributed by atoms with Gasteiger partial charge in [-0.05, 0) is 12.8 Å². The molecule has 1 aromatic heterocycles. The van der Waals surface area contributed by atoms with Gasteiger partial charge in [0.2, 0.25) is 0 Å². The fourth-order valence-electron chi connectivity index (χ4n) is 2.45. The third-order valence-corrected chi connectivity index (χ3v) is 4.89. The van der Waals surface area contributed by atoms with Crippen LogP contribution in [0.5, 0.6) is 0 Å². The molecule has 0 saturated carbocycles. The monoisotopic (exact) mass is 335 g/mol. The number of aryl methyl sites for hydroxylation is 1. The summed E-state index contributed by atoms with van der Waals surface area (Å²) >= 11 is 0. The van der Waals surface area contributed by atoms with Crippen LogP contribution in [0.15, 0.2) is 4.90 Å². The fourth-order valence-corrected chi connectivity index (χ4v) is 3.75. The van der Waals surface area contributed by atoms with Gasteiger partial charge in [-0.15, -0.1) is 0 Å². The molecular weight excluding hydrogens is 318 g/mol. The highest BCUT2D eigenvalue weighted by Crippen LogP contribution is 2.26. The molecule has 1 atom stereocenters. The minimum absolute atomic E-state index is 0.0286. The highest BCUT2D eigenvalue weighted by Gasteiger charge is 2.34. The molecule has 0 aromatic carbocycles. The quantitative estimate of drug-likeness (QED) is 0.815. The maximum Gasteiger partial charge on any atom is 0.275 e. The van der Waals surface area contributed by atoms with Gasteiger partial charge in [0.25, 0.3) is 15.0 Å². The molecule has 1 aliphatic rings. The van der Waals surface area contributed by atoms with Crippen LogP contribution in [0.25, 0.3) is 0 Å². The lowest BCUT2D eigenvalue weighted by molar-refractivity contribution is 0.0715. The highest BCUT2D eigenvalue weighted by molar-refractivity contribution is 8.13. The molecule has 1 amide bonds. The molecule has 0 radical (unpaired) electrons. The molecule has 1 aromatic rings. The number of H-pyrrole nitrogens is 1. The van der Waals surface area contributed by atoms with Crippen molar-refractivity contribution < 1.29 is 17.9 Å². The Bertz CT molecular complexity index is 628. The molecule has 0 aliphatic carbocycles. The number of carbonyl (C=O) groups is 1. The van der Waals surface area contributed by atoms with Crippen molar-refractivity contribution in [3.8, 4) is 0 Å². The summed E-state index contributed by atoms with van der Waals surface area (Å²) in [7, 11) is 3.02. The molecule has 7 nitrogen and oxygen atoms in total. The molecule has 9 heteroatoms. The van der Waals surface area contributed by atoms with Crippen LogP contribution >= 0.6 is 10.7 Å². The van der Waals surface area contributed by atoms with Crippen molar-refractivity contribution in [2.75, 3.05) is 20.2 Å². The maximum atomic E-state index is 12.5. The Balaban J connectivity index is 2.34. The van der Waals surface area contributed by atoms with E-state index in [9.17, 15) is 13.2 Å². The molecule has 0 spiro atoms. The third kappa shape index (κ3) is 3.38. The summed E-state index contributed by atoms with van der Waals surface area (Å²) in [5.41, 5.74) is 0.239. The van der Waals surface area contributed by atoms with Crippen molar-refractivity contribution in [1.29, 1.82) is 0 Å². The molecule has 2 rings (SSSR count). The number of amides is 1. The largest absolute Gasteiger partial charge is 0.380 e. The van der Waals surface area contributed by atoms with E-state index in [1.54, 1.807) is 7.11 Å². The molecule has 1 saturated heterocycles. The number of nitrogens with zero attached hydrogens (tertiary/aromatic N) is 2. The van der Waals surface area contributed by atoms with Gasteiger partial charge in [-0.3, -0.25) is 9.89 Å². The zero-order valence-electron chi connectivity index (χ0n) is 11.9. The van der Waals surface area contributed by atoms with E-state index in [1.165, 1.54) is 4.90 Å². The second-order valence-electron chi connectivity index (χ2n) is 4.97. The molecular formula is C12H18ClN3O4S. The smallest absolute Gasteiger partial charge is 0.275 e. The number of rotatable bonds is 5. The van der Waals surface area contributed by atoms with E-state index >= 15 is 0 Å². The average molecular weight is 336 g/mol. The van der Waals surface area contributed by atoms with Gasteiger partial charge in [0.1, 0.15) is 4.90 Å². The summed E-state index contributed by atoms with van der Waals surface area (Å²) in [4.78, 5) is 13.8. The second kappa shape index (κ2) is 6.33. The first-order chi connectivity index (χ1) is 9.88. The molecule has 118 valence electrons. The van der Waals surface area contributed by atoms with Crippen molar-refractivity contribution in [2.45, 2.75) is 37.2 Å². The molecule has 1 aliphatic heterocycles. The number of aromatic amines is 1. The zero-order valence-corrected chi connectivity index (χ0v) is 13.5. The van der Waals surface area contributed by atoms with Crippen molar-refractivity contribution in [2.24, 2.45) is 0 Å². The highest BCUT2D eigenvalue weighted by atomic mass is 35.7. The zero-order chi connectivity index (χ0) is 15.6. The Morgan fingerprint density at radius 3 is 2.81 bits per heavy atom. The number of hydrogen-bond donors (Lipinski definition) is 1. The second-order valence-corrected chi connectivity index (χ2v) is 7.47. The lowest BCUT2D eigenvalue weighted by Gasteiger charge is -2.15. The normalized spacial score (nSPS) is 19.2. The Labute approximate surface area is 128 Å². The number of methoxy groups -OCH3 is 1. The molecule has 2 heterocycles. The fraction of sp³-hybridized carbons (Fsp3) is 0.667. The first kappa shape index (κ1) is 16.3. The number of carbonyl (C=O) groups excluding carboxylic acids is 1. The summed E-state index contributed by atoms with van der Waals surface area (Å²) in [6.07, 6.45) is 1.86. The Kier molecular flexibility index (Phi) is 4.90. The predicted molar refractivity (Wildman–Crippen MR) is 76.9 cm³/mol. The standard InChI is InChI=1S/C12H18ClN3O4S/c1-3-4-9-11(21(13,18)19)10(15-14-9)12(17)16-6-5-8(7-16)20-2/h8H,3-7H2,1-2H3,(H,14,15). The van der Waals surface area contributed by atoms with Crippen LogP contribution in [0.2, 0.25) is 0 Å². The maximum absolute atomic E-state index is 12.5. The van der Waals surface area contributed by atoms with E-state index in [2.05, 4.69) is 10.2 Å². The average Bonchev–Trinajstić information content (AvgIpc) is 3.03. The first-order valence-corrected chi connectivity index (χ1v) is 9.03. The molecule has 1 N–H and O–H groups in total. The third-order valence-electron chi connectivity index (χ3n) is 3.50. The number of halogens is 1. The molecule has 1 unspecified atom stereocenters. The van der Waals surface area contributed by atoms with Crippen LogP contribution in [0.4, 0.5) is 0 Å². The SMILES string of the molecule is CCCc1[nH]nc(C(=O)N2CCC(OC)C2)c1S(=O)(=O)Cl. The lowest BCUT2D eigenvalue weighted by atomic mass is 10.2. The van der Waals surface area contributed by atoms with E-state index in [0.717, 1.165) is 6.42 Å². The lowest BCUT2D eigenvalue weighted by Crippen LogP contribution is -2.31. The van der Waals surface area contributed by atoms with Gasteiger partial charge in [0, 0.05) is 30.9 Å². The summed E-state index contributed by atoms with van der Waals surface area (Å²) < 4.78 is 28.7. The predicted octanol–water partition coefficient (Wildman–Crippen LogP) is 1.15. The minimum Gasteiger partial charge on any atom is -0.380 e. The Morgan fingerprint density at radius 2 is 2.29 bits per heavy atom. The number of likely N-dealkylation sites (tertiary alicyclic amines) is 1. The minimum atomic E-state index is -4.04. The van der Waals surface area contributed by atoms with Crippen LogP contribution in [0, 0.1) is 0 Å². The number of aromatic nitrogens is 2. The van der Waals surface area contributed by atoms with Crippen LogP contribution in [-0.2, 0) is 20.2 Å². The van der Waals surface area contributed by atoms with Crippen LogP contribution < -0.4 is 0 Å². The van der Waals surface area contributed by atoms with Crippen molar-refractivity contribution >= 4 is 25.6 Å². The van der Waals surface area contributed by atoms with Gasteiger partial charge in [-0.1, -0.05) is 13.3 Å². The topological polar surface area (TPSA) is 92.4 Å². The Hall–Kier alpha value is -1.12. The number of nitrogens with one attached hydrogen (secondary N) is 1. The van der Waals surface area contributed by atoms with E-state index in [-0.39, 0.29) is 16.7 Å². The van der Waals surface area contributed by atoms with E-state index in [4.69, 9.17) is 15.4 Å². The summed E-state index contributed by atoms with van der Waals surface area (Å²) in [6, 6.07) is 0. The van der Waals surface area contributed by atoms with Crippen molar-refractivity contribution in [1.82, 2.24) is 15.1 Å². The molecule has 1 fully saturated rings. The summed E-state index contributed by atoms with van der Waals surface area (Å²) in [5.74, 6) is -0.438. The summed E-state index contributed by atoms with van der Waals surface area (Å²) in [5, 5.41) is 6.50. The van der Waals surface area contributed by atoms with Gasteiger partial charge in [0.15, 0.2) is 5.69 Å². The van der Waals surface area contributed by atoms with Gasteiger partial charge < -0.3 is 9.64 Å². The van der Waals surface area contributed by atoms with Crippen molar-refractivity contribution in [3.05, 3.63) is 11.4 Å². The van der Waals surface area contributed by atoms with Gasteiger partial charge in [0.05, 0.1) is 11.8 Å². The molecule has 21 heavy (non-hydrogen) atoms. The number of ether oxygens (including phenoxy) is 1. The van der Waals surface area contributed by atoms with Gasteiger partial charge in [-0.25, -0.2) is 8.42 Å². The summed E-state index contributed by atoms with van der Waals surface area (Å²) in [6.45, 7) is 2.83. The van der Waals surface area contributed by atoms with Crippen LogP contribution in [0.3, 0.4) is 0 Å². The van der Waals surface area contributed by atoms with Gasteiger partial charge in [-0.2, -0.15) is 5.10 Å². The van der Waals surface area contributed by atoms with E-state index in [0.29, 0.717) is 31.6 Å². The van der Waals surface area contributed by atoms with Gasteiger partial charge >= 0.3 is 0 Å². The number of hydrogen-bond acceptors (Lipinski definition) is 5. The van der Waals surface area contributed by atoms with Crippen LogP contribution in [-0.4, -0.2) is 55.7 Å². The van der Waals surface area contributed by atoms with Crippen LogP contribution in [0.1, 0.15) is 35.9 Å². The first-order valence-electron chi connectivity index (χ1n) is 6.72. The van der Waals surface area contributed by atoms with E-state index < -0.39 is 15.0 Å². The Morgan fingerprint density at radius 1 is 1.57 bits per heavy atom. The van der Waals surface area contributed by atoms with Crippen molar-refractivity contribution in [3.63, 3.8) is 0 Å². The van der Waals surface area contributed by atoms with E-state index in [1.807, 2.05) is 6.92 Å². The molecule has 0 bridgehead atoms.